The first-order chi connectivity index (χ1) is 15.4. The molecule has 0 fully saturated rings. The zero-order valence-electron chi connectivity index (χ0n) is 16.8. The van der Waals surface area contributed by atoms with Crippen LogP contribution in [0.3, 0.4) is 0 Å². The van der Waals surface area contributed by atoms with E-state index in [2.05, 4.69) is 53.5 Å². The Morgan fingerprint density at radius 3 is 2.35 bits per heavy atom. The monoisotopic (exact) mass is 401 g/mol. The molecule has 2 heterocycles. The Balaban J connectivity index is 1.60. The smallest absolute Gasteiger partial charge is 0.142 e. The summed E-state index contributed by atoms with van der Waals surface area (Å²) in [4.78, 5) is 12.4. The van der Waals surface area contributed by atoms with Crippen molar-refractivity contribution in [3.63, 3.8) is 0 Å². The van der Waals surface area contributed by atoms with E-state index in [9.17, 15) is 0 Å². The van der Waals surface area contributed by atoms with Crippen LogP contribution in [0.25, 0.3) is 43.8 Å². The first-order valence-corrected chi connectivity index (χ1v) is 10.3. The quantitative estimate of drug-likeness (QED) is 0.362. The Bertz CT molecular complexity index is 1530. The summed E-state index contributed by atoms with van der Waals surface area (Å²) in [6.45, 7) is 0.430. The molecule has 0 aliphatic heterocycles. The van der Waals surface area contributed by atoms with E-state index in [0.29, 0.717) is 6.61 Å². The molecule has 6 rings (SSSR count). The Morgan fingerprint density at radius 1 is 0.710 bits per heavy atom. The van der Waals surface area contributed by atoms with Crippen molar-refractivity contribution in [2.75, 3.05) is 0 Å². The van der Waals surface area contributed by atoms with Crippen LogP contribution < -0.4 is 4.84 Å². The molecule has 4 heteroatoms. The zero-order valence-corrected chi connectivity index (χ0v) is 16.8. The highest BCUT2D eigenvalue weighted by Crippen LogP contribution is 2.36. The molecule has 0 N–H and O–H groups in total. The predicted octanol–water partition coefficient (Wildman–Crippen LogP) is 6.03. The van der Waals surface area contributed by atoms with E-state index in [4.69, 9.17) is 9.94 Å². The van der Waals surface area contributed by atoms with Crippen LogP contribution in [0.2, 0.25) is 0 Å². The highest BCUT2D eigenvalue weighted by Gasteiger charge is 2.18. The van der Waals surface area contributed by atoms with Crippen LogP contribution in [-0.4, -0.2) is 14.9 Å². The first kappa shape index (κ1) is 17.7. The molecule has 6 aromatic rings. The third-order valence-electron chi connectivity index (χ3n) is 5.63. The van der Waals surface area contributed by atoms with Crippen molar-refractivity contribution in [3.05, 3.63) is 109 Å². The summed E-state index contributed by atoms with van der Waals surface area (Å²) < 4.78 is 0. The van der Waals surface area contributed by atoms with Crippen molar-refractivity contribution in [3.8, 4) is 11.3 Å². The van der Waals surface area contributed by atoms with E-state index in [0.717, 1.165) is 38.6 Å². The number of benzene rings is 4. The number of pyridine rings is 1. The molecule has 0 unspecified atom stereocenters. The lowest BCUT2D eigenvalue weighted by atomic mass is 9.99. The number of hydrogen-bond acceptors (Lipinski definition) is 3. The van der Waals surface area contributed by atoms with Crippen molar-refractivity contribution in [1.29, 1.82) is 0 Å². The van der Waals surface area contributed by atoms with Gasteiger partial charge in [0.15, 0.2) is 0 Å². The third kappa shape index (κ3) is 3.01. The maximum Gasteiger partial charge on any atom is 0.142 e. The average Bonchev–Trinajstić information content (AvgIpc) is 3.22. The Labute approximate surface area is 179 Å². The van der Waals surface area contributed by atoms with Crippen molar-refractivity contribution < 1.29 is 4.84 Å². The topological polar surface area (TPSA) is 39.9 Å². The molecule has 0 saturated heterocycles. The molecule has 148 valence electrons. The highest BCUT2D eigenvalue weighted by atomic mass is 16.7. The molecule has 4 nitrogen and oxygen atoms in total. The molecule has 0 bridgehead atoms. The molecule has 2 aromatic heterocycles. The van der Waals surface area contributed by atoms with Gasteiger partial charge in [0.2, 0.25) is 0 Å². The first-order valence-electron chi connectivity index (χ1n) is 10.3. The number of hydrogen-bond donors (Lipinski definition) is 0. The summed E-state index contributed by atoms with van der Waals surface area (Å²) in [7, 11) is 0. The van der Waals surface area contributed by atoms with E-state index in [1.54, 1.807) is 4.85 Å². The number of para-hydroxylation sites is 1. The highest BCUT2D eigenvalue weighted by molar-refractivity contribution is 6.13. The fourth-order valence-electron chi connectivity index (χ4n) is 4.15. The molecule has 0 aliphatic carbocycles. The molecule has 0 amide bonds. The largest absolute Gasteiger partial charge is 0.391 e. The van der Waals surface area contributed by atoms with Crippen molar-refractivity contribution in [1.82, 2.24) is 14.9 Å². The third-order valence-corrected chi connectivity index (χ3v) is 5.63. The number of fused-ring (bicyclic) bond motifs is 4. The lowest BCUT2D eigenvalue weighted by Gasteiger charge is -2.06. The van der Waals surface area contributed by atoms with Gasteiger partial charge in [-0.05, 0) is 22.4 Å². The molecule has 4 aromatic carbocycles. The normalized spacial score (nSPS) is 11.4. The van der Waals surface area contributed by atoms with E-state index in [1.165, 1.54) is 10.8 Å². The second kappa shape index (κ2) is 7.26. The van der Waals surface area contributed by atoms with Crippen molar-refractivity contribution >= 4 is 32.6 Å². The summed E-state index contributed by atoms with van der Waals surface area (Å²) >= 11 is 0. The van der Waals surface area contributed by atoms with Crippen LogP contribution in [-0.2, 0) is 6.61 Å². The van der Waals surface area contributed by atoms with Gasteiger partial charge in [0.1, 0.15) is 17.8 Å². The van der Waals surface area contributed by atoms with E-state index in [-0.39, 0.29) is 0 Å². The van der Waals surface area contributed by atoms with Crippen LogP contribution in [0, 0.1) is 0 Å². The van der Waals surface area contributed by atoms with Gasteiger partial charge in [-0.2, -0.15) is 0 Å². The molecule has 0 atom stereocenters. The van der Waals surface area contributed by atoms with Crippen LogP contribution in [0.15, 0.2) is 103 Å². The van der Waals surface area contributed by atoms with Gasteiger partial charge in [-0.15, -0.1) is 5.10 Å². The van der Waals surface area contributed by atoms with Gasteiger partial charge < -0.3 is 4.84 Å². The number of nitrogens with zero attached hydrogens (tertiary/aromatic N) is 3. The molecular weight excluding hydrogens is 382 g/mol. The van der Waals surface area contributed by atoms with Gasteiger partial charge in [-0.3, -0.25) is 4.98 Å². The van der Waals surface area contributed by atoms with Gasteiger partial charge in [0.25, 0.3) is 0 Å². The summed E-state index contributed by atoms with van der Waals surface area (Å²) in [6, 6.07) is 33.0. The summed E-state index contributed by atoms with van der Waals surface area (Å²) in [5.41, 5.74) is 4.88. The fraction of sp³-hybridized carbons (Fsp3) is 0.0370. The van der Waals surface area contributed by atoms with Gasteiger partial charge >= 0.3 is 0 Å². The summed E-state index contributed by atoms with van der Waals surface area (Å²) in [5.74, 6) is 0. The molecule has 0 spiro atoms. The minimum Gasteiger partial charge on any atom is -0.391 e. The molecule has 0 saturated carbocycles. The van der Waals surface area contributed by atoms with Gasteiger partial charge in [0.05, 0.1) is 11.7 Å². The Kier molecular flexibility index (Phi) is 4.13. The van der Waals surface area contributed by atoms with Crippen LogP contribution in [0.5, 0.6) is 0 Å². The van der Waals surface area contributed by atoms with Gasteiger partial charge in [-0.25, -0.2) is 0 Å². The minimum absolute atomic E-state index is 0.430. The second-order valence-corrected chi connectivity index (χ2v) is 7.54. The van der Waals surface area contributed by atoms with Crippen LogP contribution in [0.4, 0.5) is 0 Å². The molecule has 31 heavy (non-hydrogen) atoms. The molecule has 0 radical (unpaired) electrons. The van der Waals surface area contributed by atoms with Crippen molar-refractivity contribution in [2.24, 2.45) is 0 Å². The lowest BCUT2D eigenvalue weighted by Crippen LogP contribution is -2.12. The standard InChI is InChI=1S/C27H19N3O/c1-2-9-19(10-3-1)18-31-30-25-17-28-24-16-7-6-14-23(24)26(25)27(29-30)22-15-8-12-20-11-4-5-13-21(20)22/h1-17H,18H2. The number of aromatic nitrogens is 3. The second-order valence-electron chi connectivity index (χ2n) is 7.54. The van der Waals surface area contributed by atoms with E-state index < -0.39 is 0 Å². The average molecular weight is 401 g/mol. The maximum atomic E-state index is 6.13. The SMILES string of the molecule is c1ccc(COn2nc(-c3cccc4ccccc34)c3c4ccccc4ncc32)cc1. The van der Waals surface area contributed by atoms with Crippen LogP contribution >= 0.6 is 0 Å². The Hall–Kier alpha value is -4.18. The van der Waals surface area contributed by atoms with E-state index >= 15 is 0 Å². The number of rotatable bonds is 4. The summed E-state index contributed by atoms with van der Waals surface area (Å²) in [6.07, 6.45) is 1.85. The molecule has 0 aliphatic rings. The predicted molar refractivity (Wildman–Crippen MR) is 125 cm³/mol. The maximum absolute atomic E-state index is 6.13. The zero-order chi connectivity index (χ0) is 20.6. The fourth-order valence-corrected chi connectivity index (χ4v) is 4.15. The Morgan fingerprint density at radius 2 is 1.45 bits per heavy atom. The minimum atomic E-state index is 0.430. The molecular formula is C27H19N3O. The van der Waals surface area contributed by atoms with Gasteiger partial charge in [-0.1, -0.05) is 95.8 Å². The summed E-state index contributed by atoms with van der Waals surface area (Å²) in [5, 5.41) is 9.40. The van der Waals surface area contributed by atoms with Crippen molar-refractivity contribution in [2.45, 2.75) is 6.61 Å². The van der Waals surface area contributed by atoms with E-state index in [1.807, 2.05) is 54.7 Å². The lowest BCUT2D eigenvalue weighted by molar-refractivity contribution is 0.0800. The van der Waals surface area contributed by atoms with Gasteiger partial charge in [0, 0.05) is 16.3 Å². The van der Waals surface area contributed by atoms with Crippen LogP contribution in [0.1, 0.15) is 5.56 Å².